The zero-order valence-electron chi connectivity index (χ0n) is 10.7. The highest BCUT2D eigenvalue weighted by Gasteiger charge is 2.38. The van der Waals surface area contributed by atoms with Gasteiger partial charge in [-0.1, -0.05) is 0 Å². The summed E-state index contributed by atoms with van der Waals surface area (Å²) >= 11 is 0. The Morgan fingerprint density at radius 3 is 2.67 bits per heavy atom. The molecule has 1 aromatic rings. The molecule has 5 nitrogen and oxygen atoms in total. The van der Waals surface area contributed by atoms with Crippen LogP contribution >= 0.6 is 0 Å². The van der Waals surface area contributed by atoms with Gasteiger partial charge in [0, 0.05) is 12.6 Å². The van der Waals surface area contributed by atoms with Crippen molar-refractivity contribution in [2.24, 2.45) is 0 Å². The molecule has 2 atom stereocenters. The third-order valence-corrected chi connectivity index (χ3v) is 5.98. The number of hydrogen-bond acceptors (Lipinski definition) is 4. The second-order valence-corrected chi connectivity index (χ2v) is 7.18. The van der Waals surface area contributed by atoms with E-state index in [1.807, 2.05) is 0 Å². The molecule has 2 rings (SSSR count). The third kappa shape index (κ3) is 2.05. The molecular formula is C12H17NO4S. The molecule has 0 unspecified atom stereocenters. The molecular weight excluding hydrogens is 254 g/mol. The molecule has 18 heavy (non-hydrogen) atoms. The van der Waals surface area contributed by atoms with Gasteiger partial charge < -0.3 is 9.32 Å². The minimum atomic E-state index is -3.07. The van der Waals surface area contributed by atoms with Gasteiger partial charge in [-0.3, -0.25) is 4.79 Å². The number of aryl methyl sites for hydroxylation is 1. The second-order valence-electron chi connectivity index (χ2n) is 4.70. The molecule has 1 amide bonds. The van der Waals surface area contributed by atoms with Crippen LogP contribution in [0, 0.1) is 6.92 Å². The molecule has 1 fully saturated rings. The summed E-state index contributed by atoms with van der Waals surface area (Å²) in [4.78, 5) is 13.9. The van der Waals surface area contributed by atoms with Crippen LogP contribution in [0.15, 0.2) is 16.7 Å². The largest absolute Gasteiger partial charge is 0.469 e. The van der Waals surface area contributed by atoms with Crippen molar-refractivity contribution in [1.29, 1.82) is 0 Å². The fourth-order valence-electron chi connectivity index (χ4n) is 2.22. The van der Waals surface area contributed by atoms with Crippen LogP contribution in [0.4, 0.5) is 0 Å². The number of furan rings is 1. The van der Waals surface area contributed by atoms with Crippen LogP contribution in [0.3, 0.4) is 0 Å². The average Bonchev–Trinajstić information content (AvgIpc) is 2.72. The van der Waals surface area contributed by atoms with Gasteiger partial charge in [0.1, 0.15) is 5.76 Å². The summed E-state index contributed by atoms with van der Waals surface area (Å²) in [7, 11) is -3.07. The monoisotopic (exact) mass is 271 g/mol. The Hall–Kier alpha value is -1.30. The van der Waals surface area contributed by atoms with E-state index in [0.717, 1.165) is 0 Å². The van der Waals surface area contributed by atoms with Crippen molar-refractivity contribution in [2.45, 2.75) is 32.1 Å². The topological polar surface area (TPSA) is 67.6 Å². The molecule has 0 bridgehead atoms. The SMILES string of the molecule is Cc1occc1C(=O)N1CCS(=O)(=O)[C@H](C)[C@@H]1C. The molecule has 0 saturated carbocycles. The molecule has 1 aliphatic heterocycles. The average molecular weight is 271 g/mol. The summed E-state index contributed by atoms with van der Waals surface area (Å²) in [5.74, 6) is 0.435. The van der Waals surface area contributed by atoms with E-state index >= 15 is 0 Å². The van der Waals surface area contributed by atoms with Crippen LogP contribution in [0.25, 0.3) is 0 Å². The Labute approximate surface area is 107 Å². The lowest BCUT2D eigenvalue weighted by atomic mass is 10.1. The van der Waals surface area contributed by atoms with Gasteiger partial charge in [-0.05, 0) is 26.8 Å². The molecule has 2 heterocycles. The molecule has 0 aromatic carbocycles. The van der Waals surface area contributed by atoms with E-state index in [0.29, 0.717) is 11.3 Å². The number of hydrogen-bond donors (Lipinski definition) is 0. The zero-order chi connectivity index (χ0) is 13.5. The van der Waals surface area contributed by atoms with E-state index in [2.05, 4.69) is 0 Å². The molecule has 100 valence electrons. The van der Waals surface area contributed by atoms with Gasteiger partial charge in [-0.25, -0.2) is 8.42 Å². The number of nitrogens with zero attached hydrogens (tertiary/aromatic N) is 1. The van der Waals surface area contributed by atoms with E-state index < -0.39 is 15.1 Å². The Kier molecular flexibility index (Phi) is 3.23. The highest BCUT2D eigenvalue weighted by atomic mass is 32.2. The quantitative estimate of drug-likeness (QED) is 0.770. The van der Waals surface area contributed by atoms with Crippen LogP contribution in [0.5, 0.6) is 0 Å². The van der Waals surface area contributed by atoms with E-state index in [1.165, 1.54) is 6.26 Å². The fraction of sp³-hybridized carbons (Fsp3) is 0.583. The fourth-order valence-corrected chi connectivity index (χ4v) is 3.79. The smallest absolute Gasteiger partial charge is 0.257 e. The van der Waals surface area contributed by atoms with Crippen molar-refractivity contribution in [2.75, 3.05) is 12.3 Å². The predicted molar refractivity (Wildman–Crippen MR) is 67.2 cm³/mol. The molecule has 0 radical (unpaired) electrons. The van der Waals surface area contributed by atoms with Crippen molar-refractivity contribution in [3.8, 4) is 0 Å². The molecule has 0 aliphatic carbocycles. The maximum Gasteiger partial charge on any atom is 0.257 e. The number of amides is 1. The molecule has 1 aromatic heterocycles. The van der Waals surface area contributed by atoms with Gasteiger partial charge in [0.2, 0.25) is 0 Å². The van der Waals surface area contributed by atoms with Gasteiger partial charge >= 0.3 is 0 Å². The van der Waals surface area contributed by atoms with Crippen molar-refractivity contribution >= 4 is 15.7 Å². The lowest BCUT2D eigenvalue weighted by Gasteiger charge is -2.37. The zero-order valence-corrected chi connectivity index (χ0v) is 11.5. The van der Waals surface area contributed by atoms with Crippen molar-refractivity contribution in [1.82, 2.24) is 4.90 Å². The van der Waals surface area contributed by atoms with Crippen LogP contribution in [0.2, 0.25) is 0 Å². The maximum absolute atomic E-state index is 12.3. The second kappa shape index (κ2) is 4.42. The molecule has 0 N–H and O–H groups in total. The summed E-state index contributed by atoms with van der Waals surface area (Å²) in [6.07, 6.45) is 1.47. The van der Waals surface area contributed by atoms with Gasteiger partial charge in [-0.2, -0.15) is 0 Å². The summed E-state index contributed by atoms with van der Waals surface area (Å²) in [6, 6.07) is 1.31. The highest BCUT2D eigenvalue weighted by Crippen LogP contribution is 2.22. The molecule has 1 saturated heterocycles. The van der Waals surface area contributed by atoms with Gasteiger partial charge in [0.25, 0.3) is 5.91 Å². The van der Waals surface area contributed by atoms with Gasteiger partial charge in [0.15, 0.2) is 9.84 Å². The van der Waals surface area contributed by atoms with E-state index in [4.69, 9.17) is 4.42 Å². The third-order valence-electron chi connectivity index (χ3n) is 3.70. The first-order valence-corrected chi connectivity index (χ1v) is 7.63. The minimum absolute atomic E-state index is 0.0289. The van der Waals surface area contributed by atoms with Crippen molar-refractivity contribution in [3.63, 3.8) is 0 Å². The first kappa shape index (κ1) is 13.1. The number of carbonyl (C=O) groups is 1. The Balaban J connectivity index is 2.26. The van der Waals surface area contributed by atoms with Crippen LogP contribution < -0.4 is 0 Å². The summed E-state index contributed by atoms with van der Waals surface area (Å²) < 4.78 is 28.6. The Morgan fingerprint density at radius 1 is 1.44 bits per heavy atom. The molecule has 0 spiro atoms. The van der Waals surface area contributed by atoms with Crippen LogP contribution in [-0.2, 0) is 9.84 Å². The van der Waals surface area contributed by atoms with Gasteiger partial charge in [0.05, 0.1) is 22.8 Å². The lowest BCUT2D eigenvalue weighted by molar-refractivity contribution is 0.0691. The van der Waals surface area contributed by atoms with Crippen LogP contribution in [-0.4, -0.2) is 42.8 Å². The predicted octanol–water partition coefficient (Wildman–Crippen LogP) is 1.24. The minimum Gasteiger partial charge on any atom is -0.469 e. The summed E-state index contributed by atoms with van der Waals surface area (Å²) in [5, 5.41) is -0.526. The van der Waals surface area contributed by atoms with Crippen molar-refractivity contribution < 1.29 is 17.6 Å². The number of carbonyl (C=O) groups excluding carboxylic acids is 1. The standard InChI is InChI=1S/C12H17NO4S/c1-8-10(3)18(15,16)7-5-13(8)12(14)11-4-6-17-9(11)2/h4,6,8,10H,5,7H2,1-3H3/t8-,10+/m0/s1. The first-order valence-electron chi connectivity index (χ1n) is 5.91. The molecule has 1 aliphatic rings. The Bertz CT molecular complexity index is 560. The van der Waals surface area contributed by atoms with E-state index in [1.54, 1.807) is 31.7 Å². The van der Waals surface area contributed by atoms with Gasteiger partial charge in [-0.15, -0.1) is 0 Å². The normalized spacial score (nSPS) is 27.2. The summed E-state index contributed by atoms with van der Waals surface area (Å²) in [5.41, 5.74) is 0.508. The first-order chi connectivity index (χ1) is 8.34. The highest BCUT2D eigenvalue weighted by molar-refractivity contribution is 7.92. The lowest BCUT2D eigenvalue weighted by Crippen LogP contribution is -2.54. The van der Waals surface area contributed by atoms with Crippen molar-refractivity contribution in [3.05, 3.63) is 23.7 Å². The number of sulfone groups is 1. The van der Waals surface area contributed by atoms with Crippen LogP contribution in [0.1, 0.15) is 30.0 Å². The number of rotatable bonds is 1. The van der Waals surface area contributed by atoms with E-state index in [9.17, 15) is 13.2 Å². The Morgan fingerprint density at radius 2 is 2.11 bits per heavy atom. The summed E-state index contributed by atoms with van der Waals surface area (Å²) in [6.45, 7) is 5.40. The van der Waals surface area contributed by atoms with E-state index in [-0.39, 0.29) is 24.2 Å². The maximum atomic E-state index is 12.3. The molecule has 6 heteroatoms.